The fourth-order valence-corrected chi connectivity index (χ4v) is 2.61. The Morgan fingerprint density at radius 1 is 1.13 bits per heavy atom. The fourth-order valence-electron chi connectivity index (χ4n) is 2.61. The molecule has 3 rings (SSSR count). The fraction of sp³-hybridized carbons (Fsp3) is 0.158. The summed E-state index contributed by atoms with van der Waals surface area (Å²) >= 11 is 0. The minimum Gasteiger partial charge on any atom is -0.489 e. The van der Waals surface area contributed by atoms with Crippen LogP contribution in [0.5, 0.6) is 5.75 Å². The van der Waals surface area contributed by atoms with Crippen LogP contribution in [0.3, 0.4) is 0 Å². The van der Waals surface area contributed by atoms with Crippen LogP contribution in [-0.2, 0) is 4.65 Å². The first-order chi connectivity index (χ1) is 11.2. The molecule has 3 nitrogen and oxygen atoms in total. The summed E-state index contributed by atoms with van der Waals surface area (Å²) in [6.07, 6.45) is 2.14. The van der Waals surface area contributed by atoms with Crippen molar-refractivity contribution >= 4 is 7.12 Å². The largest absolute Gasteiger partial charge is 0.489 e. The van der Waals surface area contributed by atoms with Gasteiger partial charge in [0.05, 0.1) is 6.10 Å². The maximum absolute atomic E-state index is 9.82. The molecule has 2 aromatic rings. The first-order valence-corrected chi connectivity index (χ1v) is 7.68. The van der Waals surface area contributed by atoms with Gasteiger partial charge in [0.15, 0.2) is 0 Å². The Morgan fingerprint density at radius 3 is 2.48 bits per heavy atom. The van der Waals surface area contributed by atoms with E-state index < -0.39 is 7.12 Å². The lowest BCUT2D eigenvalue weighted by Crippen LogP contribution is -2.27. The van der Waals surface area contributed by atoms with Crippen LogP contribution < -0.4 is 4.74 Å². The lowest BCUT2D eigenvalue weighted by atomic mass is 9.77. The smallest absolute Gasteiger partial charge is 0.458 e. The average Bonchev–Trinajstić information content (AvgIpc) is 2.61. The van der Waals surface area contributed by atoms with E-state index in [2.05, 4.69) is 6.58 Å². The zero-order valence-electron chi connectivity index (χ0n) is 12.9. The Morgan fingerprint density at radius 2 is 1.78 bits per heavy atom. The quantitative estimate of drug-likeness (QED) is 0.854. The van der Waals surface area contributed by atoms with Crippen molar-refractivity contribution in [2.24, 2.45) is 0 Å². The number of rotatable bonds is 5. The Hall–Kier alpha value is -2.30. The van der Waals surface area contributed by atoms with Gasteiger partial charge in [-0.2, -0.15) is 0 Å². The van der Waals surface area contributed by atoms with Gasteiger partial charge in [-0.05, 0) is 28.8 Å². The van der Waals surface area contributed by atoms with Gasteiger partial charge >= 0.3 is 7.12 Å². The molecular weight excluding hydrogens is 287 g/mol. The van der Waals surface area contributed by atoms with E-state index >= 15 is 0 Å². The molecule has 1 aliphatic rings. The van der Waals surface area contributed by atoms with E-state index in [-0.39, 0.29) is 6.10 Å². The van der Waals surface area contributed by atoms with Gasteiger partial charge in [0.25, 0.3) is 0 Å². The molecule has 0 aliphatic carbocycles. The van der Waals surface area contributed by atoms with Crippen molar-refractivity contribution in [3.63, 3.8) is 0 Å². The number of para-hydroxylation sites is 1. The average molecular weight is 306 g/mol. The maximum Gasteiger partial charge on any atom is 0.458 e. The van der Waals surface area contributed by atoms with Crippen molar-refractivity contribution in [3.05, 3.63) is 90.0 Å². The molecule has 116 valence electrons. The molecule has 0 amide bonds. The van der Waals surface area contributed by atoms with Crippen LogP contribution in [-0.4, -0.2) is 18.7 Å². The Bertz CT molecular complexity index is 682. The van der Waals surface area contributed by atoms with Gasteiger partial charge in [-0.1, -0.05) is 61.2 Å². The van der Waals surface area contributed by atoms with Crippen LogP contribution in [0.25, 0.3) is 0 Å². The standard InChI is InChI=1S/C19H19BO3/c1-15(14-22-17-10-6-3-7-11-17)18-12-13-20(21)23-19(18)16-8-4-2-5-9-16/h2-12,19,21H,1,13-14H2. The summed E-state index contributed by atoms with van der Waals surface area (Å²) in [4.78, 5) is 0. The van der Waals surface area contributed by atoms with E-state index in [9.17, 15) is 5.02 Å². The van der Waals surface area contributed by atoms with Gasteiger partial charge in [-0.15, -0.1) is 0 Å². The zero-order valence-corrected chi connectivity index (χ0v) is 12.9. The molecule has 0 fully saturated rings. The number of benzene rings is 2. The van der Waals surface area contributed by atoms with E-state index in [0.717, 1.165) is 22.5 Å². The van der Waals surface area contributed by atoms with Gasteiger partial charge in [0.2, 0.25) is 0 Å². The molecule has 1 N–H and O–H groups in total. The molecule has 0 aromatic heterocycles. The summed E-state index contributed by atoms with van der Waals surface area (Å²) in [6.45, 7) is 4.53. The Balaban J connectivity index is 1.74. The highest BCUT2D eigenvalue weighted by Crippen LogP contribution is 2.34. The van der Waals surface area contributed by atoms with Crippen molar-refractivity contribution in [2.45, 2.75) is 12.4 Å². The Labute approximate surface area is 137 Å². The molecule has 0 radical (unpaired) electrons. The number of hydrogen-bond acceptors (Lipinski definition) is 3. The number of ether oxygens (including phenoxy) is 1. The van der Waals surface area contributed by atoms with Gasteiger partial charge < -0.3 is 14.4 Å². The van der Waals surface area contributed by atoms with E-state index in [1.807, 2.05) is 66.7 Å². The molecule has 0 saturated carbocycles. The summed E-state index contributed by atoms with van der Waals surface area (Å²) < 4.78 is 11.5. The van der Waals surface area contributed by atoms with Crippen LogP contribution in [0, 0.1) is 0 Å². The first kappa shape index (κ1) is 15.6. The van der Waals surface area contributed by atoms with Crippen LogP contribution in [0.2, 0.25) is 6.32 Å². The normalized spacial score (nSPS) is 17.5. The lowest BCUT2D eigenvalue weighted by molar-refractivity contribution is 0.192. The number of hydrogen-bond donors (Lipinski definition) is 1. The molecule has 1 aliphatic heterocycles. The third-order valence-corrected chi connectivity index (χ3v) is 3.78. The van der Waals surface area contributed by atoms with E-state index in [1.54, 1.807) is 0 Å². The SMILES string of the molecule is C=C(COc1ccccc1)C1=CCB(O)OC1c1ccccc1. The molecule has 23 heavy (non-hydrogen) atoms. The summed E-state index contributed by atoms with van der Waals surface area (Å²) in [7, 11) is -0.785. The topological polar surface area (TPSA) is 38.7 Å². The number of allylic oxidation sites excluding steroid dienone is 1. The van der Waals surface area contributed by atoms with E-state index in [4.69, 9.17) is 9.39 Å². The second kappa shape index (κ2) is 7.31. The third-order valence-electron chi connectivity index (χ3n) is 3.78. The summed E-state index contributed by atoms with van der Waals surface area (Å²) in [5, 5.41) is 9.82. The minimum absolute atomic E-state index is 0.313. The van der Waals surface area contributed by atoms with E-state index in [0.29, 0.717) is 12.9 Å². The van der Waals surface area contributed by atoms with Gasteiger partial charge in [0, 0.05) is 6.32 Å². The van der Waals surface area contributed by atoms with Gasteiger partial charge in [0.1, 0.15) is 12.4 Å². The maximum atomic E-state index is 9.82. The Kier molecular flexibility index (Phi) is 4.96. The molecule has 4 heteroatoms. The molecule has 1 heterocycles. The predicted octanol–water partition coefficient (Wildman–Crippen LogP) is 3.80. The molecular formula is C19H19BO3. The minimum atomic E-state index is -0.785. The zero-order chi connectivity index (χ0) is 16.1. The van der Waals surface area contributed by atoms with Gasteiger partial charge in [-0.3, -0.25) is 0 Å². The van der Waals surface area contributed by atoms with E-state index in [1.165, 1.54) is 0 Å². The van der Waals surface area contributed by atoms with Crippen LogP contribution in [0.4, 0.5) is 0 Å². The van der Waals surface area contributed by atoms with Crippen molar-refractivity contribution in [1.82, 2.24) is 0 Å². The van der Waals surface area contributed by atoms with Gasteiger partial charge in [-0.25, -0.2) is 0 Å². The van der Waals surface area contributed by atoms with Crippen LogP contribution in [0.1, 0.15) is 11.7 Å². The lowest BCUT2D eigenvalue weighted by Gasteiger charge is -2.28. The highest BCUT2D eigenvalue weighted by molar-refractivity contribution is 6.43. The van der Waals surface area contributed by atoms with Crippen molar-refractivity contribution < 1.29 is 14.4 Å². The second-order valence-electron chi connectivity index (χ2n) is 5.48. The second-order valence-corrected chi connectivity index (χ2v) is 5.48. The monoisotopic (exact) mass is 306 g/mol. The van der Waals surface area contributed by atoms with Crippen molar-refractivity contribution in [2.75, 3.05) is 6.61 Å². The summed E-state index contributed by atoms with van der Waals surface area (Å²) in [5.41, 5.74) is 2.82. The molecule has 2 aromatic carbocycles. The summed E-state index contributed by atoms with van der Waals surface area (Å²) in [6, 6.07) is 19.5. The molecule has 0 saturated heterocycles. The molecule has 0 bridgehead atoms. The third kappa shape index (κ3) is 3.92. The van der Waals surface area contributed by atoms with Crippen LogP contribution in [0.15, 0.2) is 84.5 Å². The summed E-state index contributed by atoms with van der Waals surface area (Å²) in [5.74, 6) is 0.808. The van der Waals surface area contributed by atoms with Crippen LogP contribution >= 0.6 is 0 Å². The first-order valence-electron chi connectivity index (χ1n) is 7.68. The molecule has 1 unspecified atom stereocenters. The van der Waals surface area contributed by atoms with Crippen molar-refractivity contribution in [3.8, 4) is 5.75 Å². The predicted molar refractivity (Wildman–Crippen MR) is 92.2 cm³/mol. The molecule has 1 atom stereocenters. The molecule has 0 spiro atoms. The highest BCUT2D eigenvalue weighted by Gasteiger charge is 2.29. The van der Waals surface area contributed by atoms with Crippen molar-refractivity contribution in [1.29, 1.82) is 0 Å². The highest BCUT2D eigenvalue weighted by atomic mass is 16.5.